The molecule has 0 bridgehead atoms. The highest BCUT2D eigenvalue weighted by atomic mass is 16.5. The van der Waals surface area contributed by atoms with E-state index in [9.17, 15) is 4.79 Å². The summed E-state index contributed by atoms with van der Waals surface area (Å²) in [7, 11) is 0. The number of nitrogens with two attached hydrogens (primary N) is 1. The van der Waals surface area contributed by atoms with E-state index in [4.69, 9.17) is 15.2 Å². The summed E-state index contributed by atoms with van der Waals surface area (Å²) in [6.07, 6.45) is 4.42. The van der Waals surface area contributed by atoms with Crippen LogP contribution in [0, 0.1) is 5.92 Å². The monoisotopic (exact) mass is 550 g/mol. The lowest BCUT2D eigenvalue weighted by atomic mass is 9.97. The third-order valence-corrected chi connectivity index (χ3v) is 7.26. The summed E-state index contributed by atoms with van der Waals surface area (Å²) in [4.78, 5) is 16.0. The number of amides is 1. The fourth-order valence-corrected chi connectivity index (χ4v) is 4.95. The largest absolute Gasteiger partial charge is 0.487 e. The molecule has 0 aliphatic carbocycles. The first-order chi connectivity index (χ1) is 20.1. The molecule has 5 heteroatoms. The Kier molecular flexibility index (Phi) is 11.8. The van der Waals surface area contributed by atoms with Crippen LogP contribution >= 0.6 is 0 Å². The average Bonchev–Trinajstić information content (AvgIpc) is 3.01. The van der Waals surface area contributed by atoms with E-state index in [1.54, 1.807) is 0 Å². The van der Waals surface area contributed by atoms with Crippen LogP contribution in [-0.4, -0.2) is 19.1 Å². The molecule has 0 spiro atoms. The molecular weight excluding hydrogens is 508 g/mol. The lowest BCUT2D eigenvalue weighted by molar-refractivity contribution is -0.122. The van der Waals surface area contributed by atoms with E-state index in [1.807, 2.05) is 77.7 Å². The van der Waals surface area contributed by atoms with Crippen LogP contribution in [0.15, 0.2) is 109 Å². The van der Waals surface area contributed by atoms with E-state index in [0.717, 1.165) is 55.5 Å². The number of anilines is 2. The summed E-state index contributed by atoms with van der Waals surface area (Å²) >= 11 is 0. The van der Waals surface area contributed by atoms with Crippen molar-refractivity contribution in [2.24, 2.45) is 5.92 Å². The summed E-state index contributed by atoms with van der Waals surface area (Å²) in [5, 5.41) is 0. The SMILES string of the molecule is CCC(CCCCOCCc1ccccc1)C(=O)N(Cc1ccccc1)c1ccccc1OCc1cccc(N)c1. The molecule has 0 aliphatic heterocycles. The number of nitrogens with zero attached hydrogens (tertiary/aromatic N) is 1. The van der Waals surface area contributed by atoms with E-state index in [2.05, 4.69) is 43.3 Å². The maximum atomic E-state index is 14.1. The standard InChI is InChI=1S/C36H42N2O3/c1-2-32(19-11-12-24-40-25-23-29-14-5-3-6-15-29)36(39)38(27-30-16-7-4-8-17-30)34-21-9-10-22-35(34)41-28-31-18-13-20-33(37)26-31/h3-10,13-18,20-22,26,32H,2,11-12,19,23-25,27-28,37H2,1H3. The summed E-state index contributed by atoms with van der Waals surface area (Å²) in [5.74, 6) is 0.729. The number of hydrogen-bond donors (Lipinski definition) is 1. The number of ether oxygens (including phenoxy) is 2. The minimum Gasteiger partial charge on any atom is -0.487 e. The number of hydrogen-bond acceptors (Lipinski definition) is 4. The fourth-order valence-electron chi connectivity index (χ4n) is 4.95. The van der Waals surface area contributed by atoms with Crippen LogP contribution in [0.2, 0.25) is 0 Å². The molecule has 5 nitrogen and oxygen atoms in total. The van der Waals surface area contributed by atoms with Crippen LogP contribution in [-0.2, 0) is 29.1 Å². The molecule has 0 saturated carbocycles. The van der Waals surface area contributed by atoms with Crippen molar-refractivity contribution in [2.45, 2.75) is 52.2 Å². The van der Waals surface area contributed by atoms with Crippen LogP contribution in [0.1, 0.15) is 49.3 Å². The molecule has 0 heterocycles. The molecular formula is C36H42N2O3. The van der Waals surface area contributed by atoms with Gasteiger partial charge in [0.25, 0.3) is 0 Å². The Labute approximate surface area is 244 Å². The minimum absolute atomic E-state index is 0.0787. The second-order valence-corrected chi connectivity index (χ2v) is 10.4. The molecule has 214 valence electrons. The third-order valence-electron chi connectivity index (χ3n) is 7.26. The Bertz CT molecular complexity index is 1330. The molecule has 0 saturated heterocycles. The van der Waals surface area contributed by atoms with Crippen molar-refractivity contribution in [3.05, 3.63) is 126 Å². The van der Waals surface area contributed by atoms with Crippen molar-refractivity contribution in [3.63, 3.8) is 0 Å². The third kappa shape index (κ3) is 9.51. The molecule has 1 unspecified atom stereocenters. The van der Waals surface area contributed by atoms with Gasteiger partial charge in [-0.1, -0.05) is 98.3 Å². The van der Waals surface area contributed by atoms with Gasteiger partial charge in [-0.05, 0) is 66.6 Å². The smallest absolute Gasteiger partial charge is 0.230 e. The lowest BCUT2D eigenvalue weighted by Crippen LogP contribution is -2.36. The van der Waals surface area contributed by atoms with Gasteiger partial charge in [-0.3, -0.25) is 4.79 Å². The molecule has 0 aromatic heterocycles. The Morgan fingerprint density at radius 3 is 2.20 bits per heavy atom. The van der Waals surface area contributed by atoms with Gasteiger partial charge in [0.15, 0.2) is 0 Å². The maximum absolute atomic E-state index is 14.1. The molecule has 4 rings (SSSR count). The summed E-state index contributed by atoms with van der Waals surface area (Å²) in [6, 6.07) is 36.0. The molecule has 4 aromatic rings. The minimum atomic E-state index is -0.0787. The van der Waals surface area contributed by atoms with E-state index in [0.29, 0.717) is 31.2 Å². The molecule has 0 fully saturated rings. The van der Waals surface area contributed by atoms with Gasteiger partial charge >= 0.3 is 0 Å². The van der Waals surface area contributed by atoms with Gasteiger partial charge in [-0.15, -0.1) is 0 Å². The second kappa shape index (κ2) is 16.2. The first kappa shape index (κ1) is 29.9. The lowest BCUT2D eigenvalue weighted by Gasteiger charge is -2.29. The molecule has 1 atom stereocenters. The normalized spacial score (nSPS) is 11.6. The van der Waals surface area contributed by atoms with Gasteiger partial charge in [-0.25, -0.2) is 0 Å². The van der Waals surface area contributed by atoms with Crippen molar-refractivity contribution in [2.75, 3.05) is 23.8 Å². The predicted octanol–water partition coefficient (Wildman–Crippen LogP) is 7.84. The Hall–Kier alpha value is -4.09. The quantitative estimate of drug-likeness (QED) is 0.114. The van der Waals surface area contributed by atoms with E-state index in [1.165, 1.54) is 5.56 Å². The number of para-hydroxylation sites is 2. The highest BCUT2D eigenvalue weighted by Gasteiger charge is 2.26. The zero-order valence-corrected chi connectivity index (χ0v) is 24.1. The van der Waals surface area contributed by atoms with Gasteiger partial charge in [0.2, 0.25) is 5.91 Å². The summed E-state index contributed by atoms with van der Waals surface area (Å²) in [6.45, 7) is 4.39. The second-order valence-electron chi connectivity index (χ2n) is 10.4. The van der Waals surface area contributed by atoms with E-state index in [-0.39, 0.29) is 11.8 Å². The van der Waals surface area contributed by atoms with Gasteiger partial charge < -0.3 is 20.1 Å². The summed E-state index contributed by atoms with van der Waals surface area (Å²) in [5.41, 5.74) is 10.8. The van der Waals surface area contributed by atoms with Crippen LogP contribution in [0.5, 0.6) is 5.75 Å². The zero-order valence-electron chi connectivity index (χ0n) is 24.1. The Balaban J connectivity index is 1.39. The van der Waals surface area contributed by atoms with Gasteiger partial charge in [0.1, 0.15) is 12.4 Å². The maximum Gasteiger partial charge on any atom is 0.230 e. The average molecular weight is 551 g/mol. The fraction of sp³-hybridized carbons (Fsp3) is 0.306. The molecule has 2 N–H and O–H groups in total. The van der Waals surface area contributed by atoms with Crippen LogP contribution < -0.4 is 15.4 Å². The van der Waals surface area contributed by atoms with Crippen molar-refractivity contribution in [3.8, 4) is 5.75 Å². The molecule has 41 heavy (non-hydrogen) atoms. The first-order valence-electron chi connectivity index (χ1n) is 14.7. The van der Waals surface area contributed by atoms with Crippen molar-refractivity contribution >= 4 is 17.3 Å². The highest BCUT2D eigenvalue weighted by Crippen LogP contribution is 2.32. The zero-order chi connectivity index (χ0) is 28.7. The molecule has 0 aliphatic rings. The van der Waals surface area contributed by atoms with Crippen LogP contribution in [0.3, 0.4) is 0 Å². The van der Waals surface area contributed by atoms with Gasteiger partial charge in [0, 0.05) is 18.2 Å². The van der Waals surface area contributed by atoms with Crippen molar-refractivity contribution in [1.29, 1.82) is 0 Å². The van der Waals surface area contributed by atoms with Gasteiger partial charge in [-0.2, -0.15) is 0 Å². The Morgan fingerprint density at radius 1 is 0.780 bits per heavy atom. The van der Waals surface area contributed by atoms with E-state index < -0.39 is 0 Å². The number of carbonyl (C=O) groups is 1. The number of rotatable bonds is 16. The van der Waals surface area contributed by atoms with Gasteiger partial charge in [0.05, 0.1) is 18.8 Å². The van der Waals surface area contributed by atoms with Crippen molar-refractivity contribution in [1.82, 2.24) is 0 Å². The number of unbranched alkanes of at least 4 members (excludes halogenated alkanes) is 1. The first-order valence-corrected chi connectivity index (χ1v) is 14.7. The highest BCUT2D eigenvalue weighted by molar-refractivity contribution is 5.96. The van der Waals surface area contributed by atoms with Crippen molar-refractivity contribution < 1.29 is 14.3 Å². The van der Waals surface area contributed by atoms with E-state index >= 15 is 0 Å². The molecule has 1 amide bonds. The predicted molar refractivity (Wildman–Crippen MR) is 168 cm³/mol. The molecule has 4 aromatic carbocycles. The summed E-state index contributed by atoms with van der Waals surface area (Å²) < 4.78 is 12.1. The molecule has 0 radical (unpaired) electrons. The topological polar surface area (TPSA) is 64.8 Å². The Morgan fingerprint density at radius 2 is 1.46 bits per heavy atom. The number of carbonyl (C=O) groups excluding carboxylic acids is 1. The van der Waals surface area contributed by atoms with Crippen LogP contribution in [0.25, 0.3) is 0 Å². The van der Waals surface area contributed by atoms with Crippen LogP contribution in [0.4, 0.5) is 11.4 Å². The number of benzene rings is 4. The number of nitrogen functional groups attached to an aromatic ring is 1.